The number of nitrogens with zero attached hydrogens (tertiary/aromatic N) is 1. The predicted octanol–water partition coefficient (Wildman–Crippen LogP) is 5.27. The van der Waals surface area contributed by atoms with Crippen molar-refractivity contribution in [1.29, 1.82) is 0 Å². The summed E-state index contributed by atoms with van der Waals surface area (Å²) >= 11 is 12.0. The van der Waals surface area contributed by atoms with Gasteiger partial charge in [0.2, 0.25) is 0 Å². The second-order valence-corrected chi connectivity index (χ2v) is 11.8. The number of carbonyl (C=O) groups excluding carboxylic acids is 4. The highest BCUT2D eigenvalue weighted by Gasteiger charge is 2.45. The van der Waals surface area contributed by atoms with E-state index in [9.17, 15) is 19.2 Å². The maximum Gasteiger partial charge on any atom is 0.420 e. The fraction of sp³-hybridized carbons (Fsp3) is 0.810. The molecule has 0 saturated carbocycles. The van der Waals surface area contributed by atoms with Gasteiger partial charge in [0.1, 0.15) is 22.8 Å². The molecule has 0 radical (unpaired) electrons. The Hall–Kier alpha value is -1.54. The van der Waals surface area contributed by atoms with Crippen LogP contribution >= 0.6 is 23.2 Å². The van der Waals surface area contributed by atoms with Crippen molar-refractivity contribution in [3.05, 3.63) is 0 Å². The van der Waals surface area contributed by atoms with Gasteiger partial charge >= 0.3 is 18.2 Å². The van der Waals surface area contributed by atoms with Crippen LogP contribution in [0.2, 0.25) is 0 Å². The van der Waals surface area contributed by atoms with Crippen LogP contribution in [0.3, 0.4) is 0 Å². The summed E-state index contributed by atoms with van der Waals surface area (Å²) < 4.78 is 14.2. The lowest BCUT2D eigenvalue weighted by molar-refractivity contribution is -0.161. The monoisotopic (exact) mass is 483 g/mol. The average Bonchev–Trinajstić information content (AvgIpc) is 2.48. The number of halogens is 2. The smallest absolute Gasteiger partial charge is 0.420 e. The van der Waals surface area contributed by atoms with Gasteiger partial charge in [-0.25, -0.2) is 14.4 Å². The molecule has 0 aliphatic carbocycles. The molecule has 0 N–H and O–H groups in total. The Morgan fingerprint density at radius 1 is 0.806 bits per heavy atom. The van der Waals surface area contributed by atoms with Crippen LogP contribution < -0.4 is 0 Å². The van der Waals surface area contributed by atoms with Crippen LogP contribution in [0.4, 0.5) is 9.59 Å². The molecule has 31 heavy (non-hydrogen) atoms. The second-order valence-electron chi connectivity index (χ2n) is 10.3. The molecule has 0 spiro atoms. The third kappa shape index (κ3) is 11.1. The Morgan fingerprint density at radius 3 is 1.45 bits per heavy atom. The van der Waals surface area contributed by atoms with Crippen LogP contribution in [-0.4, -0.2) is 56.5 Å². The summed E-state index contributed by atoms with van der Waals surface area (Å²) in [4.78, 5) is 50.8. The molecule has 0 aromatic heterocycles. The van der Waals surface area contributed by atoms with E-state index in [1.807, 2.05) is 0 Å². The van der Waals surface area contributed by atoms with Gasteiger partial charge in [0.05, 0.1) is 0 Å². The van der Waals surface area contributed by atoms with E-state index >= 15 is 0 Å². The molecular formula is C21H35Cl2NO7. The number of amides is 2. The van der Waals surface area contributed by atoms with Crippen LogP contribution in [0.25, 0.3) is 0 Å². The summed E-state index contributed by atoms with van der Waals surface area (Å²) in [7, 11) is 0. The van der Waals surface area contributed by atoms with E-state index in [-0.39, 0.29) is 6.42 Å². The fourth-order valence-corrected chi connectivity index (χ4v) is 2.41. The second kappa shape index (κ2) is 10.4. The van der Waals surface area contributed by atoms with Gasteiger partial charge in [-0.1, -0.05) is 30.1 Å². The topological polar surface area (TPSA) is 99.2 Å². The summed E-state index contributed by atoms with van der Waals surface area (Å²) in [5.41, 5.74) is -2.85. The van der Waals surface area contributed by atoms with Crippen molar-refractivity contribution in [1.82, 2.24) is 4.90 Å². The van der Waals surface area contributed by atoms with Crippen molar-refractivity contribution in [2.24, 2.45) is 5.92 Å². The molecule has 8 nitrogen and oxygen atoms in total. The number of aldehydes is 1. The normalized spacial score (nSPS) is 14.8. The zero-order valence-electron chi connectivity index (χ0n) is 20.0. The molecule has 0 fully saturated rings. The largest absolute Gasteiger partial charge is 0.458 e. The quantitative estimate of drug-likeness (QED) is 0.219. The highest BCUT2D eigenvalue weighted by atomic mass is 35.5. The Labute approximate surface area is 194 Å². The van der Waals surface area contributed by atoms with E-state index in [4.69, 9.17) is 37.4 Å². The number of hydrogen-bond donors (Lipinski definition) is 0. The van der Waals surface area contributed by atoms with Crippen molar-refractivity contribution in [3.8, 4) is 0 Å². The Morgan fingerprint density at radius 2 is 1.16 bits per heavy atom. The number of imide groups is 1. The van der Waals surface area contributed by atoms with Gasteiger partial charge in [-0.15, -0.1) is 0 Å². The molecule has 0 aliphatic rings. The van der Waals surface area contributed by atoms with Crippen molar-refractivity contribution in [2.45, 2.75) is 103 Å². The van der Waals surface area contributed by atoms with E-state index in [2.05, 4.69) is 0 Å². The van der Waals surface area contributed by atoms with Crippen LogP contribution in [0.15, 0.2) is 0 Å². The summed E-state index contributed by atoms with van der Waals surface area (Å²) in [6.45, 7) is 16.1. The first kappa shape index (κ1) is 29.5. The molecule has 0 aromatic rings. The molecular weight excluding hydrogens is 449 g/mol. The lowest BCUT2D eigenvalue weighted by atomic mass is 9.97. The van der Waals surface area contributed by atoms with Gasteiger partial charge in [-0.2, -0.15) is 4.90 Å². The number of esters is 1. The number of alkyl halides is 2. The van der Waals surface area contributed by atoms with Crippen LogP contribution in [0, 0.1) is 5.92 Å². The lowest BCUT2D eigenvalue weighted by Gasteiger charge is -2.35. The third-order valence-corrected chi connectivity index (χ3v) is 4.49. The summed E-state index contributed by atoms with van der Waals surface area (Å²) in [5, 5.41) is 0. The first-order chi connectivity index (χ1) is 13.6. The maximum atomic E-state index is 13.0. The number of ether oxygens (including phenoxy) is 3. The molecule has 0 unspecified atom stereocenters. The van der Waals surface area contributed by atoms with Crippen molar-refractivity contribution in [3.63, 3.8) is 0 Å². The number of carbonyl (C=O) groups is 4. The highest BCUT2D eigenvalue weighted by molar-refractivity contribution is 6.55. The van der Waals surface area contributed by atoms with E-state index in [1.54, 1.807) is 62.3 Å². The van der Waals surface area contributed by atoms with Crippen LogP contribution in [0.5, 0.6) is 0 Å². The Kier molecular flexibility index (Phi) is 9.87. The minimum atomic E-state index is -1.85. The standard InChI is InChI=1S/C21H35Cl2NO7/c1-13(21(22,23)12-25)11-14(15(26)29-18(2,3)4)24(16(27)30-19(5,6)7)17(28)31-20(8,9)10/h12-14H,11H2,1-10H3/t13-,14-/m0/s1. The third-order valence-electron chi connectivity index (χ3n) is 3.56. The van der Waals surface area contributed by atoms with E-state index in [0.29, 0.717) is 11.2 Å². The molecule has 0 saturated heterocycles. The van der Waals surface area contributed by atoms with Gasteiger partial charge in [-0.3, -0.25) is 0 Å². The lowest BCUT2D eigenvalue weighted by Crippen LogP contribution is -2.54. The number of rotatable bonds is 6. The molecule has 10 heteroatoms. The minimum Gasteiger partial charge on any atom is -0.458 e. The highest BCUT2D eigenvalue weighted by Crippen LogP contribution is 2.33. The van der Waals surface area contributed by atoms with E-state index in [0.717, 1.165) is 0 Å². The van der Waals surface area contributed by atoms with Crippen molar-refractivity contribution < 1.29 is 33.4 Å². The zero-order valence-corrected chi connectivity index (χ0v) is 21.5. The zero-order chi connectivity index (χ0) is 25.0. The first-order valence-corrected chi connectivity index (χ1v) is 10.7. The van der Waals surface area contributed by atoms with Crippen molar-refractivity contribution in [2.75, 3.05) is 0 Å². The molecule has 2 atom stereocenters. The van der Waals surface area contributed by atoms with Crippen LogP contribution in [-0.2, 0) is 23.8 Å². The van der Waals surface area contributed by atoms with Gasteiger partial charge in [-0.05, 0) is 74.7 Å². The van der Waals surface area contributed by atoms with Crippen molar-refractivity contribution >= 4 is 47.6 Å². The van der Waals surface area contributed by atoms with Gasteiger partial charge in [0.15, 0.2) is 10.6 Å². The molecule has 0 bridgehead atoms. The Bertz CT molecular complexity index is 645. The molecule has 0 rings (SSSR count). The first-order valence-electron chi connectivity index (χ1n) is 9.92. The fourth-order valence-electron chi connectivity index (χ4n) is 2.24. The summed E-state index contributed by atoms with van der Waals surface area (Å²) in [6.07, 6.45) is -2.16. The van der Waals surface area contributed by atoms with Gasteiger partial charge < -0.3 is 19.0 Å². The average molecular weight is 484 g/mol. The molecule has 0 heterocycles. The van der Waals surface area contributed by atoms with E-state index < -0.39 is 51.3 Å². The summed E-state index contributed by atoms with van der Waals surface area (Å²) in [5.74, 6) is -1.73. The predicted molar refractivity (Wildman–Crippen MR) is 118 cm³/mol. The maximum absolute atomic E-state index is 13.0. The molecule has 2 amide bonds. The van der Waals surface area contributed by atoms with Crippen LogP contribution in [0.1, 0.15) is 75.7 Å². The number of hydrogen-bond acceptors (Lipinski definition) is 7. The SMILES string of the molecule is C[C@@H](C[C@@H](C(=O)OC(C)(C)C)N(C(=O)OC(C)(C)C)C(=O)OC(C)(C)C)C(Cl)(Cl)C=O. The van der Waals surface area contributed by atoms with Gasteiger partial charge in [0.25, 0.3) is 0 Å². The summed E-state index contributed by atoms with van der Waals surface area (Å²) in [6, 6.07) is -1.50. The molecule has 180 valence electrons. The van der Waals surface area contributed by atoms with E-state index in [1.165, 1.54) is 6.92 Å². The molecule has 0 aliphatic heterocycles. The minimum absolute atomic E-state index is 0.265. The Balaban J connectivity index is 6.38. The molecule has 0 aromatic carbocycles. The van der Waals surface area contributed by atoms with Gasteiger partial charge in [0, 0.05) is 0 Å².